The SMILES string of the molecule is O=C(O)c1cc(F)ccc1OCc1ccccc1F. The van der Waals surface area contributed by atoms with Crippen molar-refractivity contribution in [3.8, 4) is 5.75 Å². The topological polar surface area (TPSA) is 46.5 Å². The highest BCUT2D eigenvalue weighted by Gasteiger charge is 2.13. The van der Waals surface area contributed by atoms with Gasteiger partial charge in [-0.1, -0.05) is 18.2 Å². The highest BCUT2D eigenvalue weighted by molar-refractivity contribution is 5.90. The molecule has 2 rings (SSSR count). The average molecular weight is 264 g/mol. The molecule has 0 aliphatic carbocycles. The largest absolute Gasteiger partial charge is 0.488 e. The molecule has 0 radical (unpaired) electrons. The van der Waals surface area contributed by atoms with Crippen LogP contribution in [0, 0.1) is 11.6 Å². The third-order valence-electron chi connectivity index (χ3n) is 2.51. The van der Waals surface area contributed by atoms with Crippen LogP contribution in [0.5, 0.6) is 5.75 Å². The van der Waals surface area contributed by atoms with Gasteiger partial charge in [0.15, 0.2) is 0 Å². The molecular weight excluding hydrogens is 254 g/mol. The summed E-state index contributed by atoms with van der Waals surface area (Å²) in [6.07, 6.45) is 0. The molecule has 0 fully saturated rings. The van der Waals surface area contributed by atoms with Crippen LogP contribution in [0.1, 0.15) is 15.9 Å². The molecule has 0 amide bonds. The first-order valence-corrected chi connectivity index (χ1v) is 5.47. The minimum atomic E-state index is -1.30. The zero-order chi connectivity index (χ0) is 13.8. The van der Waals surface area contributed by atoms with Gasteiger partial charge in [-0.3, -0.25) is 0 Å². The van der Waals surface area contributed by atoms with Gasteiger partial charge in [-0.15, -0.1) is 0 Å². The molecular formula is C14H10F2O3. The van der Waals surface area contributed by atoms with Crippen molar-refractivity contribution in [2.45, 2.75) is 6.61 Å². The minimum Gasteiger partial charge on any atom is -0.488 e. The Bertz CT molecular complexity index is 611. The lowest BCUT2D eigenvalue weighted by Gasteiger charge is -2.09. The molecule has 0 aromatic heterocycles. The van der Waals surface area contributed by atoms with E-state index in [9.17, 15) is 13.6 Å². The molecule has 0 aliphatic heterocycles. The smallest absolute Gasteiger partial charge is 0.339 e. The molecule has 0 saturated carbocycles. The molecule has 2 aromatic rings. The summed E-state index contributed by atoms with van der Waals surface area (Å²) in [6, 6.07) is 9.15. The predicted octanol–water partition coefficient (Wildman–Crippen LogP) is 3.24. The lowest BCUT2D eigenvalue weighted by Crippen LogP contribution is -2.05. The maximum atomic E-state index is 13.4. The maximum Gasteiger partial charge on any atom is 0.339 e. The Morgan fingerprint density at radius 3 is 2.58 bits per heavy atom. The summed E-state index contributed by atoms with van der Waals surface area (Å²) < 4.78 is 31.5. The van der Waals surface area contributed by atoms with E-state index in [1.807, 2.05) is 0 Å². The molecule has 0 bridgehead atoms. The Morgan fingerprint density at radius 2 is 1.89 bits per heavy atom. The molecule has 3 nitrogen and oxygen atoms in total. The van der Waals surface area contributed by atoms with Gasteiger partial charge in [-0.2, -0.15) is 0 Å². The zero-order valence-corrected chi connectivity index (χ0v) is 9.77. The maximum absolute atomic E-state index is 13.4. The van der Waals surface area contributed by atoms with Crippen molar-refractivity contribution < 1.29 is 23.4 Å². The first kappa shape index (κ1) is 13.0. The average Bonchev–Trinajstić information content (AvgIpc) is 2.38. The monoisotopic (exact) mass is 264 g/mol. The van der Waals surface area contributed by atoms with E-state index in [4.69, 9.17) is 9.84 Å². The number of carboxylic acid groups (broad SMARTS) is 1. The van der Waals surface area contributed by atoms with Gasteiger partial charge in [0.25, 0.3) is 0 Å². The highest BCUT2D eigenvalue weighted by Crippen LogP contribution is 2.21. The molecule has 0 atom stereocenters. The fraction of sp³-hybridized carbons (Fsp3) is 0.0714. The van der Waals surface area contributed by atoms with Gasteiger partial charge in [-0.25, -0.2) is 13.6 Å². The lowest BCUT2D eigenvalue weighted by molar-refractivity contribution is 0.0691. The second-order valence-corrected chi connectivity index (χ2v) is 3.83. The van der Waals surface area contributed by atoms with E-state index in [2.05, 4.69) is 0 Å². The molecule has 19 heavy (non-hydrogen) atoms. The van der Waals surface area contributed by atoms with Gasteiger partial charge in [0, 0.05) is 5.56 Å². The van der Waals surface area contributed by atoms with Crippen molar-refractivity contribution in [1.29, 1.82) is 0 Å². The lowest BCUT2D eigenvalue weighted by atomic mass is 10.2. The number of rotatable bonds is 4. The summed E-state index contributed by atoms with van der Waals surface area (Å²) in [7, 11) is 0. The summed E-state index contributed by atoms with van der Waals surface area (Å²) in [5.74, 6) is -2.42. The predicted molar refractivity (Wildman–Crippen MR) is 64.1 cm³/mol. The van der Waals surface area contributed by atoms with Crippen molar-refractivity contribution in [1.82, 2.24) is 0 Å². The van der Waals surface area contributed by atoms with Crippen LogP contribution in [-0.4, -0.2) is 11.1 Å². The normalized spacial score (nSPS) is 10.2. The van der Waals surface area contributed by atoms with Crippen molar-refractivity contribution >= 4 is 5.97 Å². The molecule has 0 saturated heterocycles. The van der Waals surface area contributed by atoms with Gasteiger partial charge < -0.3 is 9.84 Å². The van der Waals surface area contributed by atoms with E-state index in [1.54, 1.807) is 12.1 Å². The minimum absolute atomic E-state index is 0.00264. The number of carboxylic acids is 1. The molecule has 5 heteroatoms. The second kappa shape index (κ2) is 5.48. The summed E-state index contributed by atoms with van der Waals surface area (Å²) in [5.41, 5.74) is -0.000460. The Kier molecular flexibility index (Phi) is 3.75. The van der Waals surface area contributed by atoms with Crippen LogP contribution in [0.25, 0.3) is 0 Å². The number of aromatic carboxylic acids is 1. The molecule has 2 aromatic carbocycles. The first-order chi connectivity index (χ1) is 9.08. The number of hydrogen-bond donors (Lipinski definition) is 1. The molecule has 1 N–H and O–H groups in total. The Balaban J connectivity index is 2.20. The summed E-state index contributed by atoms with van der Waals surface area (Å²) in [4.78, 5) is 10.9. The summed E-state index contributed by atoms with van der Waals surface area (Å²) >= 11 is 0. The number of carbonyl (C=O) groups is 1. The van der Waals surface area contributed by atoms with Crippen LogP contribution in [0.15, 0.2) is 42.5 Å². The van der Waals surface area contributed by atoms with Gasteiger partial charge in [-0.05, 0) is 24.3 Å². The molecule has 0 unspecified atom stereocenters. The van der Waals surface area contributed by atoms with Crippen LogP contribution in [0.3, 0.4) is 0 Å². The van der Waals surface area contributed by atoms with Crippen LogP contribution in [-0.2, 0) is 6.61 Å². The fourth-order valence-corrected chi connectivity index (χ4v) is 1.57. The van der Waals surface area contributed by atoms with E-state index in [1.165, 1.54) is 18.2 Å². The molecule has 98 valence electrons. The highest BCUT2D eigenvalue weighted by atomic mass is 19.1. The Hall–Kier alpha value is -2.43. The third kappa shape index (κ3) is 3.07. The van der Waals surface area contributed by atoms with Gasteiger partial charge in [0.2, 0.25) is 0 Å². The van der Waals surface area contributed by atoms with Crippen molar-refractivity contribution in [2.24, 2.45) is 0 Å². The Labute approximate surface area is 108 Å². The van der Waals surface area contributed by atoms with Crippen molar-refractivity contribution in [2.75, 3.05) is 0 Å². The van der Waals surface area contributed by atoms with Gasteiger partial charge >= 0.3 is 5.97 Å². The zero-order valence-electron chi connectivity index (χ0n) is 9.77. The van der Waals surface area contributed by atoms with E-state index >= 15 is 0 Å². The molecule has 0 aliphatic rings. The van der Waals surface area contributed by atoms with E-state index in [0.29, 0.717) is 5.56 Å². The second-order valence-electron chi connectivity index (χ2n) is 3.83. The first-order valence-electron chi connectivity index (χ1n) is 5.47. The van der Waals surface area contributed by atoms with Crippen LogP contribution in [0.4, 0.5) is 8.78 Å². The van der Waals surface area contributed by atoms with Crippen LogP contribution < -0.4 is 4.74 Å². The molecule has 0 spiro atoms. The third-order valence-corrected chi connectivity index (χ3v) is 2.51. The van der Waals surface area contributed by atoms with Crippen LogP contribution in [0.2, 0.25) is 0 Å². The van der Waals surface area contributed by atoms with E-state index in [0.717, 1.165) is 12.1 Å². The van der Waals surface area contributed by atoms with Gasteiger partial charge in [0.05, 0.1) is 0 Å². The quantitative estimate of drug-likeness (QED) is 0.922. The molecule has 0 heterocycles. The number of benzene rings is 2. The van der Waals surface area contributed by atoms with Gasteiger partial charge in [0.1, 0.15) is 29.6 Å². The Morgan fingerprint density at radius 1 is 1.16 bits per heavy atom. The number of hydrogen-bond acceptors (Lipinski definition) is 2. The number of halogens is 2. The van der Waals surface area contributed by atoms with E-state index < -0.39 is 17.6 Å². The van der Waals surface area contributed by atoms with E-state index in [-0.39, 0.29) is 17.9 Å². The number of ether oxygens (including phenoxy) is 1. The fourth-order valence-electron chi connectivity index (χ4n) is 1.57. The summed E-state index contributed by atoms with van der Waals surface area (Å²) in [6.45, 7) is -0.126. The standard InChI is InChI=1S/C14H10F2O3/c15-10-5-6-13(11(7-10)14(17)18)19-8-9-3-1-2-4-12(9)16/h1-7H,8H2,(H,17,18). The van der Waals surface area contributed by atoms with Crippen molar-refractivity contribution in [3.63, 3.8) is 0 Å². The summed E-state index contributed by atoms with van der Waals surface area (Å²) in [5, 5.41) is 8.92. The van der Waals surface area contributed by atoms with Crippen LogP contribution >= 0.6 is 0 Å². The van der Waals surface area contributed by atoms with Crippen molar-refractivity contribution in [3.05, 3.63) is 65.2 Å².